The van der Waals surface area contributed by atoms with Crippen molar-refractivity contribution in [2.24, 2.45) is 0 Å². The van der Waals surface area contributed by atoms with Crippen LogP contribution in [0.25, 0.3) is 0 Å². The lowest BCUT2D eigenvalue weighted by Gasteiger charge is -2.15. The summed E-state index contributed by atoms with van der Waals surface area (Å²) in [6, 6.07) is 9.25. The van der Waals surface area contributed by atoms with E-state index in [0.717, 1.165) is 5.56 Å². The van der Waals surface area contributed by atoms with Gasteiger partial charge in [0.2, 0.25) is 0 Å². The minimum atomic E-state index is -4.52. The Kier molecular flexibility index (Phi) is 5.77. The Labute approximate surface area is 99.1 Å². The Morgan fingerprint density at radius 2 is 1.88 bits per heavy atom. The molecule has 0 aliphatic carbocycles. The summed E-state index contributed by atoms with van der Waals surface area (Å²) in [5.74, 6) is 0. The second-order valence-electron chi connectivity index (χ2n) is 3.39. The van der Waals surface area contributed by atoms with Gasteiger partial charge in [-0.3, -0.25) is 4.52 Å². The van der Waals surface area contributed by atoms with E-state index in [1.54, 1.807) is 0 Å². The van der Waals surface area contributed by atoms with Crippen molar-refractivity contribution in [3.8, 4) is 0 Å². The minimum Gasteiger partial charge on any atom is -0.394 e. The highest BCUT2D eigenvalue weighted by atomic mass is 31.2. The van der Waals surface area contributed by atoms with Crippen LogP contribution in [0.3, 0.4) is 0 Å². The van der Waals surface area contributed by atoms with Gasteiger partial charge in [0.15, 0.2) is 0 Å². The molecule has 1 atom stereocenters. The highest BCUT2D eigenvalue weighted by molar-refractivity contribution is 7.46. The largest absolute Gasteiger partial charge is 0.469 e. The zero-order valence-corrected chi connectivity index (χ0v) is 9.99. The molecule has 0 fully saturated rings. The van der Waals surface area contributed by atoms with Crippen LogP contribution in [-0.4, -0.2) is 34.2 Å². The molecule has 0 aliphatic rings. The molecule has 17 heavy (non-hydrogen) atoms. The monoisotopic (exact) mass is 262 g/mol. The molecule has 0 heterocycles. The van der Waals surface area contributed by atoms with Crippen LogP contribution in [0, 0.1) is 0 Å². The second-order valence-corrected chi connectivity index (χ2v) is 4.63. The average Bonchev–Trinajstić information content (AvgIpc) is 2.29. The predicted octanol–water partition coefficient (Wildman–Crippen LogP) is 0.673. The maximum Gasteiger partial charge on any atom is 0.469 e. The third-order valence-corrected chi connectivity index (χ3v) is 2.45. The first-order chi connectivity index (χ1) is 8.01. The molecule has 0 unspecified atom stereocenters. The number of phosphoric ester groups is 1. The van der Waals surface area contributed by atoms with Gasteiger partial charge in [0, 0.05) is 0 Å². The number of hydrogen-bond donors (Lipinski definition) is 3. The normalized spacial score (nSPS) is 13.6. The fourth-order valence-electron chi connectivity index (χ4n) is 1.12. The molecule has 0 radical (unpaired) electrons. The molecule has 0 spiro atoms. The molecule has 6 nitrogen and oxygen atoms in total. The quantitative estimate of drug-likeness (QED) is 0.625. The molecule has 0 bridgehead atoms. The lowest BCUT2D eigenvalue weighted by atomic mass is 10.2. The summed E-state index contributed by atoms with van der Waals surface area (Å²) in [6.07, 6.45) is -0.761. The zero-order chi connectivity index (χ0) is 12.7. The summed E-state index contributed by atoms with van der Waals surface area (Å²) in [5.41, 5.74) is 0.905. The molecular weight excluding hydrogens is 247 g/mol. The Bertz CT molecular complexity index is 362. The van der Waals surface area contributed by atoms with E-state index < -0.39 is 13.9 Å². The molecule has 0 aliphatic heterocycles. The Morgan fingerprint density at radius 3 is 2.41 bits per heavy atom. The molecule has 0 amide bonds. The van der Waals surface area contributed by atoms with Crippen molar-refractivity contribution in [1.29, 1.82) is 0 Å². The number of rotatable bonds is 7. The van der Waals surface area contributed by atoms with Gasteiger partial charge in [-0.25, -0.2) is 4.57 Å². The van der Waals surface area contributed by atoms with E-state index >= 15 is 0 Å². The van der Waals surface area contributed by atoms with E-state index in [1.165, 1.54) is 0 Å². The van der Waals surface area contributed by atoms with Gasteiger partial charge in [-0.1, -0.05) is 30.3 Å². The van der Waals surface area contributed by atoms with Gasteiger partial charge in [0.1, 0.15) is 6.10 Å². The molecule has 1 aromatic rings. The van der Waals surface area contributed by atoms with Crippen LogP contribution >= 0.6 is 7.82 Å². The highest BCUT2D eigenvalue weighted by Crippen LogP contribution is 2.35. The van der Waals surface area contributed by atoms with E-state index in [-0.39, 0.29) is 19.8 Å². The van der Waals surface area contributed by atoms with Crippen LogP contribution in [0.15, 0.2) is 30.3 Å². The molecule has 0 saturated heterocycles. The van der Waals surface area contributed by atoms with Crippen molar-refractivity contribution in [2.75, 3.05) is 13.2 Å². The first-order valence-corrected chi connectivity index (χ1v) is 6.51. The summed E-state index contributed by atoms with van der Waals surface area (Å²) in [5, 5.41) is 8.94. The van der Waals surface area contributed by atoms with E-state index in [4.69, 9.17) is 19.6 Å². The van der Waals surface area contributed by atoms with Gasteiger partial charge in [-0.2, -0.15) is 0 Å². The molecule has 96 valence electrons. The summed E-state index contributed by atoms with van der Waals surface area (Å²) < 4.78 is 20.0. The maximum atomic E-state index is 10.5. The molecule has 1 aromatic carbocycles. The van der Waals surface area contributed by atoms with Crippen molar-refractivity contribution in [3.63, 3.8) is 0 Å². The van der Waals surface area contributed by atoms with Gasteiger partial charge in [0.25, 0.3) is 0 Å². The molecule has 7 heteroatoms. The van der Waals surface area contributed by atoms with Crippen molar-refractivity contribution in [1.82, 2.24) is 0 Å². The molecule has 0 aromatic heterocycles. The molecule has 3 N–H and O–H groups in total. The van der Waals surface area contributed by atoms with Crippen LogP contribution in [0.2, 0.25) is 0 Å². The van der Waals surface area contributed by atoms with Crippen molar-refractivity contribution < 1.29 is 28.7 Å². The fraction of sp³-hybridized carbons (Fsp3) is 0.400. The Morgan fingerprint density at radius 1 is 1.24 bits per heavy atom. The van der Waals surface area contributed by atoms with Crippen LogP contribution in [0.5, 0.6) is 0 Å². The van der Waals surface area contributed by atoms with E-state index in [9.17, 15) is 4.57 Å². The van der Waals surface area contributed by atoms with Gasteiger partial charge < -0.3 is 19.6 Å². The van der Waals surface area contributed by atoms with Crippen molar-refractivity contribution >= 4 is 7.82 Å². The average molecular weight is 262 g/mol. The number of ether oxygens (including phenoxy) is 1. The smallest absolute Gasteiger partial charge is 0.394 e. The number of phosphoric acid groups is 1. The number of aliphatic hydroxyl groups excluding tert-OH is 1. The van der Waals surface area contributed by atoms with E-state index in [2.05, 4.69) is 4.52 Å². The SMILES string of the molecule is O=P(O)(O)OC[C@H](CO)OCc1ccccc1. The zero-order valence-electron chi connectivity index (χ0n) is 9.10. The number of hydrogen-bond acceptors (Lipinski definition) is 4. The summed E-state index contributed by atoms with van der Waals surface area (Å²) in [4.78, 5) is 17.0. The fourth-order valence-corrected chi connectivity index (χ4v) is 1.48. The first kappa shape index (κ1) is 14.3. The van der Waals surface area contributed by atoms with E-state index in [0.29, 0.717) is 0 Å². The molecular formula is C10H15O6P. The summed E-state index contributed by atoms with van der Waals surface area (Å²) in [6.45, 7) is -0.475. The number of benzene rings is 1. The van der Waals surface area contributed by atoms with E-state index in [1.807, 2.05) is 30.3 Å². The van der Waals surface area contributed by atoms with Crippen molar-refractivity contribution in [2.45, 2.75) is 12.7 Å². The second kappa shape index (κ2) is 6.86. The predicted molar refractivity (Wildman–Crippen MR) is 60.1 cm³/mol. The summed E-state index contributed by atoms with van der Waals surface area (Å²) >= 11 is 0. The minimum absolute atomic E-state index is 0.247. The van der Waals surface area contributed by atoms with Crippen LogP contribution < -0.4 is 0 Å². The number of aliphatic hydroxyl groups is 1. The van der Waals surface area contributed by atoms with Crippen LogP contribution in [-0.2, 0) is 20.4 Å². The van der Waals surface area contributed by atoms with Gasteiger partial charge >= 0.3 is 7.82 Å². The third-order valence-electron chi connectivity index (χ3n) is 1.96. The lowest BCUT2D eigenvalue weighted by molar-refractivity contribution is -0.0279. The Balaban J connectivity index is 2.35. The molecule has 0 saturated carbocycles. The third kappa shape index (κ3) is 6.53. The molecule has 1 rings (SSSR count). The van der Waals surface area contributed by atoms with Gasteiger partial charge in [0.05, 0.1) is 19.8 Å². The van der Waals surface area contributed by atoms with Gasteiger partial charge in [-0.15, -0.1) is 0 Å². The standard InChI is InChI=1S/C10H15O6P/c11-6-10(8-16-17(12,13)14)15-7-9-4-2-1-3-5-9/h1-5,10-11H,6-8H2,(H2,12,13,14)/t10-/m0/s1. The highest BCUT2D eigenvalue weighted by Gasteiger charge is 2.18. The Hall–Kier alpha value is -0.750. The van der Waals surface area contributed by atoms with Crippen LogP contribution in [0.4, 0.5) is 0 Å². The van der Waals surface area contributed by atoms with Crippen molar-refractivity contribution in [3.05, 3.63) is 35.9 Å². The first-order valence-electron chi connectivity index (χ1n) is 4.98. The summed E-state index contributed by atoms with van der Waals surface area (Å²) in [7, 11) is -4.52. The topological polar surface area (TPSA) is 96.2 Å². The van der Waals surface area contributed by atoms with Crippen LogP contribution in [0.1, 0.15) is 5.56 Å². The maximum absolute atomic E-state index is 10.5. The van der Waals surface area contributed by atoms with Gasteiger partial charge in [-0.05, 0) is 5.56 Å². The lowest BCUT2D eigenvalue weighted by Crippen LogP contribution is -2.23.